The predicted molar refractivity (Wildman–Crippen MR) is 195 cm³/mol. The summed E-state index contributed by atoms with van der Waals surface area (Å²) in [7, 11) is 5.80. The zero-order chi connectivity index (χ0) is 39.0. The molecule has 4 atom stereocenters. The number of aliphatic hydroxyl groups is 2. The summed E-state index contributed by atoms with van der Waals surface area (Å²) in [5.41, 5.74) is 3.31. The molecular weight excluding hydrogens is 716 g/mol. The highest BCUT2D eigenvalue weighted by molar-refractivity contribution is 6.24. The number of nitrogens with zero attached hydrogens (tertiary/aromatic N) is 1. The van der Waals surface area contributed by atoms with Gasteiger partial charge in [0.2, 0.25) is 6.79 Å². The fourth-order valence-corrected chi connectivity index (χ4v) is 7.82. The molecule has 1 fully saturated rings. The number of rotatable bonds is 12. The molecule has 286 valence electrons. The summed E-state index contributed by atoms with van der Waals surface area (Å²) in [4.78, 5) is 39.7. The van der Waals surface area contributed by atoms with E-state index in [0.717, 1.165) is 0 Å². The first-order valence-electron chi connectivity index (χ1n) is 17.2. The van der Waals surface area contributed by atoms with Crippen molar-refractivity contribution in [2.75, 3.05) is 41.8 Å². The second-order valence-corrected chi connectivity index (χ2v) is 13.1. The largest absolute Gasteiger partial charge is 0.493 e. The van der Waals surface area contributed by atoms with Crippen LogP contribution in [0.1, 0.15) is 50.9 Å². The maximum Gasteiger partial charge on any atom is 0.310 e. The Morgan fingerprint density at radius 1 is 0.873 bits per heavy atom. The van der Waals surface area contributed by atoms with Crippen LogP contribution >= 0.6 is 0 Å². The van der Waals surface area contributed by atoms with Crippen LogP contribution in [0.25, 0.3) is 11.6 Å². The van der Waals surface area contributed by atoms with Crippen molar-refractivity contribution in [2.24, 2.45) is 11.8 Å². The molecule has 3 N–H and O–H groups in total. The van der Waals surface area contributed by atoms with Gasteiger partial charge in [-0.1, -0.05) is 12.1 Å². The number of aliphatic hydroxyl groups excluding tert-OH is 2. The van der Waals surface area contributed by atoms with Crippen molar-refractivity contribution >= 4 is 29.2 Å². The summed E-state index contributed by atoms with van der Waals surface area (Å²) in [5.74, 6) is -0.945. The average molecular weight is 755 g/mol. The van der Waals surface area contributed by atoms with Crippen LogP contribution in [0.3, 0.4) is 0 Å². The van der Waals surface area contributed by atoms with Crippen molar-refractivity contribution in [3.63, 3.8) is 0 Å². The Labute approximate surface area is 315 Å². The number of esters is 1. The van der Waals surface area contributed by atoms with Crippen molar-refractivity contribution in [2.45, 2.75) is 25.2 Å². The van der Waals surface area contributed by atoms with Crippen molar-refractivity contribution in [1.29, 1.82) is 0 Å². The standard InChI is InChI=1S/C40H38N2O13/c1-49-32-12-21(10-23(16-43)37(32)51-3)26(9-20-6-5-7-25(8-20)42(47)48)39(45)41-36-28-15-31-30(54-19-55-31)14-27(28)34(35-29(36)18-53-40(35)46)22-11-24(17-44)38(52-4)33(13-22)50-2/h5-15,29,34-36,43-44H,16-19H2,1-4H3,(H,41,45)/t29-,34+,35-,36+/m0/s1. The Kier molecular flexibility index (Phi) is 10.2. The molecule has 1 amide bonds. The summed E-state index contributed by atoms with van der Waals surface area (Å²) in [6, 6.07) is 15.3. The summed E-state index contributed by atoms with van der Waals surface area (Å²) >= 11 is 0. The van der Waals surface area contributed by atoms with Crippen molar-refractivity contribution in [1.82, 2.24) is 5.32 Å². The maximum atomic E-state index is 14.8. The molecule has 55 heavy (non-hydrogen) atoms. The van der Waals surface area contributed by atoms with Gasteiger partial charge in [-0.15, -0.1) is 0 Å². The highest BCUT2D eigenvalue weighted by Gasteiger charge is 2.53. The minimum absolute atomic E-state index is 0.0199. The summed E-state index contributed by atoms with van der Waals surface area (Å²) < 4.78 is 39.5. The number of ether oxygens (including phenoxy) is 7. The van der Waals surface area contributed by atoms with Gasteiger partial charge in [0.15, 0.2) is 34.5 Å². The Morgan fingerprint density at radius 2 is 1.53 bits per heavy atom. The lowest BCUT2D eigenvalue weighted by molar-refractivity contribution is -0.384. The molecule has 3 aliphatic rings. The van der Waals surface area contributed by atoms with Gasteiger partial charge in [0.05, 0.1) is 65.1 Å². The summed E-state index contributed by atoms with van der Waals surface area (Å²) in [6.45, 7) is -0.851. The van der Waals surface area contributed by atoms with Crippen molar-refractivity contribution in [3.8, 4) is 34.5 Å². The number of fused-ring (bicyclic) bond motifs is 3. The molecular formula is C40H38N2O13. The molecule has 0 spiro atoms. The van der Waals surface area contributed by atoms with Gasteiger partial charge in [-0.3, -0.25) is 19.7 Å². The SMILES string of the molecule is COc1cc(C(=Cc2cccc([N+](=O)[O-])c2)C(=O)N[C@@H]2c3cc4c(cc3[C@@H](c3cc(CO)c(OC)c(OC)c3)[C@H]3C(=O)OC[C@@H]32)OCO4)cc(CO)c1OC. The maximum absolute atomic E-state index is 14.8. The number of nitrogens with one attached hydrogen (secondary N) is 1. The lowest BCUT2D eigenvalue weighted by atomic mass is 9.65. The fourth-order valence-electron chi connectivity index (χ4n) is 7.82. The van der Waals surface area contributed by atoms with E-state index < -0.39 is 47.2 Å². The molecule has 2 aliphatic heterocycles. The van der Waals surface area contributed by atoms with Crippen LogP contribution in [0.2, 0.25) is 0 Å². The number of nitro groups is 1. The highest BCUT2D eigenvalue weighted by Crippen LogP contribution is 2.55. The van der Waals surface area contributed by atoms with Crippen LogP contribution < -0.4 is 33.7 Å². The third kappa shape index (κ3) is 6.61. The summed E-state index contributed by atoms with van der Waals surface area (Å²) in [5, 5.41) is 35.4. The van der Waals surface area contributed by atoms with Crippen molar-refractivity contribution < 1.29 is 57.9 Å². The number of nitro benzene ring substituents is 1. The Balaban J connectivity index is 1.39. The average Bonchev–Trinajstić information content (AvgIpc) is 3.83. The van der Waals surface area contributed by atoms with Crippen LogP contribution in [0.4, 0.5) is 5.69 Å². The van der Waals surface area contributed by atoms with Gasteiger partial charge in [0, 0.05) is 40.7 Å². The molecule has 0 radical (unpaired) electrons. The summed E-state index contributed by atoms with van der Waals surface area (Å²) in [6.07, 6.45) is 1.50. The van der Waals surface area contributed by atoms with E-state index in [-0.39, 0.29) is 42.8 Å². The molecule has 15 heteroatoms. The van der Waals surface area contributed by atoms with Gasteiger partial charge in [0.25, 0.3) is 11.6 Å². The molecule has 0 unspecified atom stereocenters. The van der Waals surface area contributed by atoms with Crippen LogP contribution in [-0.4, -0.2) is 68.9 Å². The van der Waals surface area contributed by atoms with E-state index >= 15 is 0 Å². The Bertz CT molecular complexity index is 2170. The van der Waals surface area contributed by atoms with E-state index in [1.165, 1.54) is 52.7 Å². The van der Waals surface area contributed by atoms with Gasteiger partial charge in [-0.2, -0.15) is 0 Å². The Morgan fingerprint density at radius 3 is 2.16 bits per heavy atom. The lowest BCUT2D eigenvalue weighted by Gasteiger charge is -2.39. The molecule has 15 nitrogen and oxygen atoms in total. The molecule has 0 saturated carbocycles. The van der Waals surface area contributed by atoms with Crippen LogP contribution in [0.5, 0.6) is 34.5 Å². The first-order valence-corrected chi connectivity index (χ1v) is 17.2. The van der Waals surface area contributed by atoms with E-state index in [1.54, 1.807) is 42.5 Å². The Hall–Kier alpha value is -6.32. The van der Waals surface area contributed by atoms with E-state index in [2.05, 4.69) is 5.32 Å². The normalized spacial score (nSPS) is 19.5. The topological polar surface area (TPSA) is 194 Å². The molecule has 0 aromatic heterocycles. The second kappa shape index (κ2) is 15.2. The second-order valence-electron chi connectivity index (χ2n) is 13.1. The lowest BCUT2D eigenvalue weighted by Crippen LogP contribution is -2.43. The van der Waals surface area contributed by atoms with Crippen molar-refractivity contribution in [3.05, 3.63) is 110 Å². The van der Waals surface area contributed by atoms with E-state index in [0.29, 0.717) is 61.9 Å². The molecule has 4 aromatic rings. The number of cyclic esters (lactones) is 1. The number of benzene rings is 4. The van der Waals surface area contributed by atoms with E-state index in [4.69, 9.17) is 33.2 Å². The van der Waals surface area contributed by atoms with Gasteiger partial charge in [-0.05, 0) is 70.3 Å². The smallest absolute Gasteiger partial charge is 0.310 e. The zero-order valence-corrected chi connectivity index (χ0v) is 30.3. The van der Waals surface area contributed by atoms with Gasteiger partial charge in [0.1, 0.15) is 0 Å². The highest BCUT2D eigenvalue weighted by atomic mass is 16.7. The monoisotopic (exact) mass is 754 g/mol. The third-order valence-electron chi connectivity index (χ3n) is 10.3. The van der Waals surface area contributed by atoms with E-state index in [9.17, 15) is 29.9 Å². The fraction of sp³-hybridized carbons (Fsp3) is 0.300. The number of carbonyl (C=O) groups is 2. The predicted octanol–water partition coefficient (Wildman–Crippen LogP) is 4.68. The molecule has 0 bridgehead atoms. The number of hydrogen-bond acceptors (Lipinski definition) is 13. The molecule has 4 aromatic carbocycles. The van der Waals surface area contributed by atoms with E-state index in [1.807, 2.05) is 0 Å². The number of carbonyl (C=O) groups excluding carboxylic acids is 2. The first-order chi connectivity index (χ1) is 26.6. The third-order valence-corrected chi connectivity index (χ3v) is 10.3. The minimum atomic E-state index is -0.812. The zero-order valence-electron chi connectivity index (χ0n) is 30.3. The first kappa shape index (κ1) is 37.0. The quantitative estimate of drug-likeness (QED) is 0.0594. The number of hydrogen-bond donors (Lipinski definition) is 3. The van der Waals surface area contributed by atoms with Crippen LogP contribution in [0, 0.1) is 22.0 Å². The molecule has 1 aliphatic carbocycles. The minimum Gasteiger partial charge on any atom is -0.493 e. The number of non-ortho nitro benzene ring substituents is 1. The van der Waals surface area contributed by atoms with Gasteiger partial charge >= 0.3 is 5.97 Å². The van der Waals surface area contributed by atoms with Gasteiger partial charge < -0.3 is 48.7 Å². The number of amides is 1. The molecule has 1 saturated heterocycles. The molecule has 2 heterocycles. The molecule has 7 rings (SSSR count). The van der Waals surface area contributed by atoms with Gasteiger partial charge in [-0.25, -0.2) is 0 Å². The van der Waals surface area contributed by atoms with Crippen LogP contribution in [0.15, 0.2) is 60.7 Å². The number of methoxy groups -OCH3 is 4. The van der Waals surface area contributed by atoms with Crippen LogP contribution in [-0.2, 0) is 27.5 Å².